The van der Waals surface area contributed by atoms with Gasteiger partial charge < -0.3 is 10.4 Å². The number of carboxylic acid groups (broad SMARTS) is 1. The predicted molar refractivity (Wildman–Crippen MR) is 74.8 cm³/mol. The first-order valence-electron chi connectivity index (χ1n) is 6.20. The predicted octanol–water partition coefficient (Wildman–Crippen LogP) is 2.36. The van der Waals surface area contributed by atoms with Crippen molar-refractivity contribution < 1.29 is 14.7 Å². The highest BCUT2D eigenvalue weighted by molar-refractivity contribution is 9.10. The minimum Gasteiger partial charge on any atom is -0.480 e. The summed E-state index contributed by atoms with van der Waals surface area (Å²) in [5, 5.41) is 12.2. The third-order valence-electron chi connectivity index (χ3n) is 3.33. The average molecular weight is 326 g/mol. The molecule has 1 aromatic rings. The van der Waals surface area contributed by atoms with Crippen LogP contribution in [0.5, 0.6) is 0 Å². The number of carbonyl (C=O) groups excluding carboxylic acids is 1. The zero-order valence-electron chi connectivity index (χ0n) is 10.6. The Morgan fingerprint density at radius 3 is 2.68 bits per heavy atom. The van der Waals surface area contributed by atoms with Crippen molar-refractivity contribution in [3.05, 3.63) is 34.3 Å². The number of carbonyl (C=O) groups is 2. The van der Waals surface area contributed by atoms with Crippen LogP contribution in [0.3, 0.4) is 0 Å². The van der Waals surface area contributed by atoms with Crippen molar-refractivity contribution in [2.24, 2.45) is 5.41 Å². The van der Waals surface area contributed by atoms with E-state index in [1.807, 2.05) is 24.3 Å². The fourth-order valence-electron chi connectivity index (χ4n) is 1.88. The molecule has 5 heteroatoms. The van der Waals surface area contributed by atoms with Gasteiger partial charge in [-0.3, -0.25) is 9.59 Å². The summed E-state index contributed by atoms with van der Waals surface area (Å²) in [7, 11) is 0. The van der Waals surface area contributed by atoms with Crippen LogP contribution in [0.1, 0.15) is 25.3 Å². The fraction of sp³-hybridized carbons (Fsp3) is 0.429. The molecule has 1 amide bonds. The first-order chi connectivity index (χ1) is 8.91. The van der Waals surface area contributed by atoms with Crippen LogP contribution in [-0.4, -0.2) is 23.0 Å². The lowest BCUT2D eigenvalue weighted by atomic mass is 9.82. The van der Waals surface area contributed by atoms with Gasteiger partial charge in [-0.25, -0.2) is 0 Å². The van der Waals surface area contributed by atoms with E-state index in [1.165, 1.54) is 6.92 Å². The molecule has 1 aliphatic rings. The molecule has 1 atom stereocenters. The van der Waals surface area contributed by atoms with Crippen molar-refractivity contribution >= 4 is 27.8 Å². The van der Waals surface area contributed by atoms with E-state index in [9.17, 15) is 14.7 Å². The van der Waals surface area contributed by atoms with Crippen LogP contribution in [0.4, 0.5) is 0 Å². The summed E-state index contributed by atoms with van der Waals surface area (Å²) in [4.78, 5) is 23.6. The maximum Gasteiger partial charge on any atom is 0.319 e. The van der Waals surface area contributed by atoms with E-state index in [1.54, 1.807) is 0 Å². The smallest absolute Gasteiger partial charge is 0.319 e. The van der Waals surface area contributed by atoms with E-state index < -0.39 is 17.3 Å². The summed E-state index contributed by atoms with van der Waals surface area (Å²) in [6.45, 7) is 1.48. The zero-order valence-corrected chi connectivity index (χ0v) is 12.2. The first-order valence-corrected chi connectivity index (χ1v) is 7.00. The lowest BCUT2D eigenvalue weighted by Crippen LogP contribution is -2.46. The number of hydrogen-bond acceptors (Lipinski definition) is 2. The molecule has 0 radical (unpaired) electrons. The molecule has 0 heterocycles. The van der Waals surface area contributed by atoms with Crippen molar-refractivity contribution in [3.63, 3.8) is 0 Å². The molecule has 2 N–H and O–H groups in total. The number of halogens is 1. The highest BCUT2D eigenvalue weighted by Crippen LogP contribution is 2.27. The van der Waals surface area contributed by atoms with Gasteiger partial charge in [0.2, 0.25) is 5.91 Å². The van der Waals surface area contributed by atoms with Crippen LogP contribution in [0, 0.1) is 5.41 Å². The number of nitrogens with one attached hydrogen (secondary N) is 1. The largest absolute Gasteiger partial charge is 0.480 e. The van der Waals surface area contributed by atoms with Crippen LogP contribution < -0.4 is 5.32 Å². The second kappa shape index (κ2) is 5.33. The van der Waals surface area contributed by atoms with Crippen LogP contribution >= 0.6 is 15.9 Å². The summed E-state index contributed by atoms with van der Waals surface area (Å²) in [5.41, 5.74) is -0.603. The SMILES string of the molecule is CC(Cc1cccc(Br)c1)(C(=O)O)C(=O)NC1CC1. The Labute approximate surface area is 120 Å². The van der Waals surface area contributed by atoms with Crippen LogP contribution in [-0.2, 0) is 16.0 Å². The number of carboxylic acids is 1. The van der Waals surface area contributed by atoms with Gasteiger partial charge in [-0.05, 0) is 43.9 Å². The Kier molecular flexibility index (Phi) is 3.94. The second-order valence-electron chi connectivity index (χ2n) is 5.19. The highest BCUT2D eigenvalue weighted by atomic mass is 79.9. The molecule has 0 aliphatic heterocycles. The summed E-state index contributed by atoms with van der Waals surface area (Å²) >= 11 is 3.35. The molecule has 1 fully saturated rings. The molecule has 1 saturated carbocycles. The number of benzene rings is 1. The van der Waals surface area contributed by atoms with E-state index in [-0.39, 0.29) is 12.5 Å². The van der Waals surface area contributed by atoms with Crippen molar-refractivity contribution in [1.82, 2.24) is 5.32 Å². The zero-order chi connectivity index (χ0) is 14.0. The van der Waals surface area contributed by atoms with Gasteiger partial charge in [0.1, 0.15) is 5.41 Å². The standard InChI is InChI=1S/C14H16BrNO3/c1-14(13(18)19,12(17)16-11-5-6-11)8-9-3-2-4-10(15)7-9/h2-4,7,11H,5-6,8H2,1H3,(H,16,17)(H,18,19). The van der Waals surface area contributed by atoms with Gasteiger partial charge in [0.25, 0.3) is 0 Å². The molecule has 0 spiro atoms. The van der Waals surface area contributed by atoms with Crippen LogP contribution in [0.25, 0.3) is 0 Å². The van der Waals surface area contributed by atoms with E-state index in [2.05, 4.69) is 21.2 Å². The Hall–Kier alpha value is -1.36. The van der Waals surface area contributed by atoms with Gasteiger partial charge >= 0.3 is 5.97 Å². The molecule has 1 aromatic carbocycles. The maximum atomic E-state index is 12.1. The third kappa shape index (κ3) is 3.35. The van der Waals surface area contributed by atoms with E-state index >= 15 is 0 Å². The first kappa shape index (κ1) is 14.1. The molecule has 0 saturated heterocycles. The number of hydrogen-bond donors (Lipinski definition) is 2. The molecule has 0 aromatic heterocycles. The second-order valence-corrected chi connectivity index (χ2v) is 6.11. The van der Waals surface area contributed by atoms with Crippen LogP contribution in [0.2, 0.25) is 0 Å². The van der Waals surface area contributed by atoms with Gasteiger partial charge in [-0.1, -0.05) is 28.1 Å². The monoisotopic (exact) mass is 325 g/mol. The summed E-state index contributed by atoms with van der Waals surface area (Å²) in [6, 6.07) is 7.53. The van der Waals surface area contributed by atoms with Gasteiger partial charge in [-0.15, -0.1) is 0 Å². The van der Waals surface area contributed by atoms with Crippen molar-refractivity contribution in [2.45, 2.75) is 32.2 Å². The maximum absolute atomic E-state index is 12.1. The van der Waals surface area contributed by atoms with Gasteiger partial charge in [-0.2, -0.15) is 0 Å². The molecule has 2 rings (SSSR count). The Balaban J connectivity index is 2.18. The number of amides is 1. The van der Waals surface area contributed by atoms with Crippen molar-refractivity contribution in [3.8, 4) is 0 Å². The van der Waals surface area contributed by atoms with E-state index in [0.717, 1.165) is 22.9 Å². The van der Waals surface area contributed by atoms with Gasteiger partial charge in [0, 0.05) is 10.5 Å². The van der Waals surface area contributed by atoms with Crippen molar-refractivity contribution in [2.75, 3.05) is 0 Å². The summed E-state index contributed by atoms with van der Waals surface area (Å²) < 4.78 is 0.875. The van der Waals surface area contributed by atoms with Crippen molar-refractivity contribution in [1.29, 1.82) is 0 Å². The summed E-state index contributed by atoms with van der Waals surface area (Å²) in [6.07, 6.45) is 2.07. The minimum atomic E-state index is -1.43. The molecule has 1 unspecified atom stereocenters. The van der Waals surface area contributed by atoms with E-state index in [0.29, 0.717) is 0 Å². The average Bonchev–Trinajstić information content (AvgIpc) is 3.12. The molecular weight excluding hydrogens is 310 g/mol. The molecule has 0 bridgehead atoms. The molecule has 1 aliphatic carbocycles. The van der Waals surface area contributed by atoms with Gasteiger partial charge in [0.15, 0.2) is 0 Å². The molecule has 102 valence electrons. The Morgan fingerprint density at radius 2 is 2.16 bits per heavy atom. The molecular formula is C14H16BrNO3. The van der Waals surface area contributed by atoms with E-state index in [4.69, 9.17) is 0 Å². The minimum absolute atomic E-state index is 0.161. The quantitative estimate of drug-likeness (QED) is 0.817. The van der Waals surface area contributed by atoms with Gasteiger partial charge in [0.05, 0.1) is 0 Å². The third-order valence-corrected chi connectivity index (χ3v) is 3.83. The lowest BCUT2D eigenvalue weighted by Gasteiger charge is -2.24. The molecule has 19 heavy (non-hydrogen) atoms. The fourth-order valence-corrected chi connectivity index (χ4v) is 2.33. The number of aliphatic carboxylic acids is 1. The lowest BCUT2D eigenvalue weighted by molar-refractivity contribution is -0.154. The topological polar surface area (TPSA) is 66.4 Å². The number of rotatable bonds is 5. The Morgan fingerprint density at radius 1 is 1.47 bits per heavy atom. The van der Waals surface area contributed by atoms with Crippen LogP contribution in [0.15, 0.2) is 28.7 Å². The summed E-state index contributed by atoms with van der Waals surface area (Å²) in [5.74, 6) is -1.49. The Bertz CT molecular complexity index is 513. The highest BCUT2D eigenvalue weighted by Gasteiger charge is 2.43. The normalized spacial score (nSPS) is 17.6. The molecule has 4 nitrogen and oxygen atoms in total.